The number of nitrogens with zero attached hydrogens (tertiary/aromatic N) is 2. The van der Waals surface area contributed by atoms with E-state index in [4.69, 9.17) is 0 Å². The van der Waals surface area contributed by atoms with Crippen molar-refractivity contribution in [1.29, 1.82) is 0 Å². The fourth-order valence-corrected chi connectivity index (χ4v) is 3.88. The average molecular weight is 331 g/mol. The van der Waals surface area contributed by atoms with Crippen LogP contribution in [0.2, 0.25) is 0 Å². The summed E-state index contributed by atoms with van der Waals surface area (Å²) in [5, 5.41) is 0. The van der Waals surface area contributed by atoms with Crippen molar-refractivity contribution in [2.24, 2.45) is 0 Å². The van der Waals surface area contributed by atoms with Crippen LogP contribution >= 0.6 is 0 Å². The highest BCUT2D eigenvalue weighted by atomic mass is 32.2. The van der Waals surface area contributed by atoms with E-state index in [1.807, 2.05) is 37.3 Å². The van der Waals surface area contributed by atoms with E-state index in [2.05, 4.69) is 14.6 Å². The van der Waals surface area contributed by atoms with E-state index in [9.17, 15) is 8.42 Å². The Bertz CT molecular complexity index is 749. The highest BCUT2D eigenvalue weighted by molar-refractivity contribution is 7.91. The molecule has 0 atom stereocenters. The summed E-state index contributed by atoms with van der Waals surface area (Å²) in [6, 6.07) is 11.1. The second-order valence-electron chi connectivity index (χ2n) is 5.95. The van der Waals surface area contributed by atoms with Crippen molar-refractivity contribution in [3.8, 4) is 0 Å². The van der Waals surface area contributed by atoms with Gasteiger partial charge in [0.2, 0.25) is 10.0 Å². The van der Waals surface area contributed by atoms with Gasteiger partial charge in [-0.05, 0) is 37.5 Å². The van der Waals surface area contributed by atoms with Gasteiger partial charge in [-0.15, -0.1) is 0 Å². The first-order valence-electron chi connectivity index (χ1n) is 7.79. The number of sulfonamides is 1. The van der Waals surface area contributed by atoms with Crippen LogP contribution in [0.3, 0.4) is 0 Å². The Balaban J connectivity index is 1.66. The highest BCUT2D eigenvalue weighted by Crippen LogP contribution is 2.20. The molecule has 3 rings (SSSR count). The molecule has 2 aromatic rings. The van der Waals surface area contributed by atoms with Gasteiger partial charge >= 0.3 is 0 Å². The smallest absolute Gasteiger partial charge is 0.236 e. The number of hydrogen-bond acceptors (Lipinski definition) is 4. The third-order valence-electron chi connectivity index (χ3n) is 3.93. The molecule has 0 saturated carbocycles. The summed E-state index contributed by atoms with van der Waals surface area (Å²) in [5.41, 5.74) is 2.38. The molecule has 0 spiro atoms. The van der Waals surface area contributed by atoms with Crippen molar-refractivity contribution >= 4 is 21.5 Å². The lowest BCUT2D eigenvalue weighted by atomic mass is 10.2. The molecular formula is C17H21N3O2S. The van der Waals surface area contributed by atoms with Crippen LogP contribution in [-0.2, 0) is 15.8 Å². The Kier molecular flexibility index (Phi) is 4.52. The first kappa shape index (κ1) is 15.8. The maximum Gasteiger partial charge on any atom is 0.236 e. The van der Waals surface area contributed by atoms with Gasteiger partial charge in [0.25, 0.3) is 0 Å². The number of hydrogen-bond donors (Lipinski definition) is 1. The zero-order valence-corrected chi connectivity index (χ0v) is 14.0. The third kappa shape index (κ3) is 4.22. The maximum atomic E-state index is 12.2. The maximum absolute atomic E-state index is 12.2. The predicted octanol–water partition coefficient (Wildman–Crippen LogP) is 2.93. The fourth-order valence-electron chi connectivity index (χ4n) is 2.70. The van der Waals surface area contributed by atoms with Gasteiger partial charge in [0.05, 0.1) is 17.6 Å². The summed E-state index contributed by atoms with van der Waals surface area (Å²) in [5.74, 6) is 0.866. The molecule has 0 bridgehead atoms. The lowest BCUT2D eigenvalue weighted by molar-refractivity contribution is 0.600. The molecular weight excluding hydrogens is 310 g/mol. The van der Waals surface area contributed by atoms with E-state index in [-0.39, 0.29) is 5.75 Å². The number of benzene rings is 1. The van der Waals surface area contributed by atoms with Gasteiger partial charge in [-0.25, -0.2) is 13.4 Å². The van der Waals surface area contributed by atoms with E-state index in [1.54, 1.807) is 12.3 Å². The number of pyridine rings is 1. The molecule has 2 heterocycles. The van der Waals surface area contributed by atoms with Crippen molar-refractivity contribution in [3.05, 3.63) is 53.7 Å². The Morgan fingerprint density at radius 1 is 1.09 bits per heavy atom. The van der Waals surface area contributed by atoms with Crippen LogP contribution in [-0.4, -0.2) is 26.5 Å². The van der Waals surface area contributed by atoms with E-state index < -0.39 is 10.0 Å². The van der Waals surface area contributed by atoms with Crippen LogP contribution in [0, 0.1) is 6.92 Å². The molecule has 1 aromatic carbocycles. The molecule has 5 nitrogen and oxygen atoms in total. The molecule has 0 unspecified atom stereocenters. The van der Waals surface area contributed by atoms with E-state index in [1.165, 1.54) is 12.8 Å². The van der Waals surface area contributed by atoms with Crippen molar-refractivity contribution < 1.29 is 8.42 Å². The van der Waals surface area contributed by atoms with Gasteiger partial charge in [0, 0.05) is 13.1 Å². The zero-order valence-electron chi connectivity index (χ0n) is 13.2. The minimum atomic E-state index is -3.44. The normalized spacial score (nSPS) is 14.9. The van der Waals surface area contributed by atoms with Crippen LogP contribution in [0.25, 0.3) is 0 Å². The minimum Gasteiger partial charge on any atom is -0.357 e. The van der Waals surface area contributed by atoms with Crippen LogP contribution in [0.5, 0.6) is 0 Å². The molecule has 1 aliphatic heterocycles. The second kappa shape index (κ2) is 6.58. The van der Waals surface area contributed by atoms with E-state index >= 15 is 0 Å². The van der Waals surface area contributed by atoms with Gasteiger partial charge in [-0.3, -0.25) is 4.72 Å². The molecule has 0 aliphatic carbocycles. The fraction of sp³-hybridized carbons (Fsp3) is 0.353. The molecule has 122 valence electrons. The van der Waals surface area contributed by atoms with Crippen molar-refractivity contribution in [2.75, 3.05) is 22.7 Å². The molecule has 1 fully saturated rings. The summed E-state index contributed by atoms with van der Waals surface area (Å²) in [6.07, 6.45) is 3.96. The Morgan fingerprint density at radius 2 is 1.78 bits per heavy atom. The Morgan fingerprint density at radius 3 is 2.39 bits per heavy atom. The van der Waals surface area contributed by atoms with Gasteiger partial charge in [0.1, 0.15) is 5.82 Å². The lowest BCUT2D eigenvalue weighted by Crippen LogP contribution is -2.19. The zero-order chi connectivity index (χ0) is 16.3. The minimum absolute atomic E-state index is 0.0405. The largest absolute Gasteiger partial charge is 0.357 e. The molecule has 1 aliphatic rings. The van der Waals surface area contributed by atoms with Crippen LogP contribution in [0.15, 0.2) is 42.6 Å². The lowest BCUT2D eigenvalue weighted by Gasteiger charge is -2.16. The molecule has 1 N–H and O–H groups in total. The first-order chi connectivity index (χ1) is 11.0. The van der Waals surface area contributed by atoms with Gasteiger partial charge in [-0.2, -0.15) is 0 Å². The summed E-state index contributed by atoms with van der Waals surface area (Å²) in [6.45, 7) is 4.01. The van der Waals surface area contributed by atoms with Crippen LogP contribution in [0.1, 0.15) is 24.0 Å². The van der Waals surface area contributed by atoms with E-state index in [0.29, 0.717) is 5.69 Å². The number of aromatic nitrogens is 1. The molecule has 0 amide bonds. The third-order valence-corrected chi connectivity index (χ3v) is 5.19. The molecule has 1 aromatic heterocycles. The summed E-state index contributed by atoms with van der Waals surface area (Å²) >= 11 is 0. The monoisotopic (exact) mass is 331 g/mol. The quantitative estimate of drug-likeness (QED) is 0.915. The summed E-state index contributed by atoms with van der Waals surface area (Å²) in [4.78, 5) is 6.58. The number of aryl methyl sites for hydroxylation is 1. The Hall–Kier alpha value is -2.08. The van der Waals surface area contributed by atoms with Gasteiger partial charge in [0.15, 0.2) is 0 Å². The number of rotatable bonds is 5. The molecule has 0 radical (unpaired) electrons. The van der Waals surface area contributed by atoms with Gasteiger partial charge < -0.3 is 4.90 Å². The van der Waals surface area contributed by atoms with Crippen molar-refractivity contribution in [3.63, 3.8) is 0 Å². The number of nitrogens with one attached hydrogen (secondary N) is 1. The average Bonchev–Trinajstić information content (AvgIpc) is 3.04. The first-order valence-corrected chi connectivity index (χ1v) is 9.44. The second-order valence-corrected chi connectivity index (χ2v) is 7.67. The predicted molar refractivity (Wildman–Crippen MR) is 93.1 cm³/mol. The molecule has 6 heteroatoms. The summed E-state index contributed by atoms with van der Waals surface area (Å²) < 4.78 is 27.1. The summed E-state index contributed by atoms with van der Waals surface area (Å²) in [7, 11) is -3.44. The van der Waals surface area contributed by atoms with Crippen LogP contribution < -0.4 is 9.62 Å². The SMILES string of the molecule is Cc1ccc(CS(=O)(=O)Nc2ccc(N3CCCC3)nc2)cc1. The topological polar surface area (TPSA) is 62.3 Å². The van der Waals surface area contributed by atoms with Gasteiger partial charge in [-0.1, -0.05) is 29.8 Å². The standard InChI is InChI=1S/C17H21N3O2S/c1-14-4-6-15(7-5-14)13-23(21,22)19-16-8-9-17(18-12-16)20-10-2-3-11-20/h4-9,12,19H,2-3,10-11,13H2,1H3. The van der Waals surface area contributed by atoms with Crippen molar-refractivity contribution in [2.45, 2.75) is 25.5 Å². The number of anilines is 2. The highest BCUT2D eigenvalue weighted by Gasteiger charge is 2.15. The van der Waals surface area contributed by atoms with Crippen LogP contribution in [0.4, 0.5) is 11.5 Å². The van der Waals surface area contributed by atoms with Crippen molar-refractivity contribution in [1.82, 2.24) is 4.98 Å². The van der Waals surface area contributed by atoms with E-state index in [0.717, 1.165) is 30.0 Å². The Labute approximate surface area is 137 Å². The molecule has 1 saturated heterocycles. The molecule has 23 heavy (non-hydrogen) atoms.